The number of thiazole rings is 1. The number of aromatic nitrogens is 1. The fourth-order valence-corrected chi connectivity index (χ4v) is 3.76. The number of rotatable bonds is 4. The lowest BCUT2D eigenvalue weighted by Gasteiger charge is -2.39. The van der Waals surface area contributed by atoms with Gasteiger partial charge < -0.3 is 5.11 Å². The number of aryl methyl sites for hydroxylation is 1. The Labute approximate surface area is 134 Å². The summed E-state index contributed by atoms with van der Waals surface area (Å²) in [6, 6.07) is 6.70. The molecule has 1 N–H and O–H groups in total. The van der Waals surface area contributed by atoms with E-state index in [9.17, 15) is 9.50 Å². The van der Waals surface area contributed by atoms with E-state index in [0.717, 1.165) is 42.2 Å². The molecule has 1 aromatic heterocycles. The van der Waals surface area contributed by atoms with Crippen molar-refractivity contribution in [3.63, 3.8) is 0 Å². The highest BCUT2D eigenvalue weighted by Gasteiger charge is 2.30. The third kappa shape index (κ3) is 3.72. The first-order valence-electron chi connectivity index (χ1n) is 7.69. The number of halogens is 1. The van der Waals surface area contributed by atoms with Crippen LogP contribution in [0.5, 0.6) is 0 Å². The van der Waals surface area contributed by atoms with Crippen molar-refractivity contribution in [2.75, 3.05) is 6.54 Å². The van der Waals surface area contributed by atoms with Gasteiger partial charge in [-0.1, -0.05) is 12.1 Å². The third-order valence-electron chi connectivity index (χ3n) is 4.22. The van der Waals surface area contributed by atoms with Gasteiger partial charge in [-0.2, -0.15) is 0 Å². The summed E-state index contributed by atoms with van der Waals surface area (Å²) < 4.78 is 13.4. The molecule has 0 spiro atoms. The zero-order valence-corrected chi connectivity index (χ0v) is 13.5. The molecule has 5 heteroatoms. The quantitative estimate of drug-likeness (QED) is 0.940. The Bertz CT molecular complexity index is 631. The van der Waals surface area contributed by atoms with Crippen molar-refractivity contribution in [2.45, 2.75) is 44.9 Å². The Morgan fingerprint density at radius 3 is 3.05 bits per heavy atom. The van der Waals surface area contributed by atoms with Crippen LogP contribution in [0, 0.1) is 12.7 Å². The van der Waals surface area contributed by atoms with Crippen LogP contribution in [0.1, 0.15) is 29.1 Å². The highest BCUT2D eigenvalue weighted by molar-refractivity contribution is 7.09. The van der Waals surface area contributed by atoms with E-state index in [4.69, 9.17) is 0 Å². The van der Waals surface area contributed by atoms with E-state index in [0.29, 0.717) is 6.42 Å². The van der Waals surface area contributed by atoms with Crippen LogP contribution in [0.4, 0.5) is 4.39 Å². The van der Waals surface area contributed by atoms with Crippen molar-refractivity contribution < 1.29 is 9.50 Å². The molecule has 1 saturated heterocycles. The lowest BCUT2D eigenvalue weighted by Crippen LogP contribution is -2.48. The minimum absolute atomic E-state index is 0.0255. The van der Waals surface area contributed by atoms with Crippen LogP contribution in [-0.2, 0) is 13.0 Å². The molecule has 3 nitrogen and oxygen atoms in total. The van der Waals surface area contributed by atoms with Crippen LogP contribution in [0.15, 0.2) is 29.6 Å². The van der Waals surface area contributed by atoms with Gasteiger partial charge in [0.2, 0.25) is 0 Å². The monoisotopic (exact) mass is 320 g/mol. The molecule has 22 heavy (non-hydrogen) atoms. The van der Waals surface area contributed by atoms with Crippen molar-refractivity contribution in [1.29, 1.82) is 0 Å². The fourth-order valence-electron chi connectivity index (χ4n) is 3.16. The van der Waals surface area contributed by atoms with Crippen LogP contribution in [-0.4, -0.2) is 33.7 Å². The predicted molar refractivity (Wildman–Crippen MR) is 86.4 cm³/mol. The average Bonchev–Trinajstić information content (AvgIpc) is 2.88. The first-order chi connectivity index (χ1) is 10.6. The number of nitrogens with zero attached hydrogens (tertiary/aromatic N) is 2. The predicted octanol–water partition coefficient (Wildman–Crippen LogP) is 3.16. The summed E-state index contributed by atoms with van der Waals surface area (Å²) in [6.45, 7) is 3.71. The zero-order chi connectivity index (χ0) is 15.5. The molecule has 0 saturated carbocycles. The summed E-state index contributed by atoms with van der Waals surface area (Å²) >= 11 is 1.65. The first-order valence-corrected chi connectivity index (χ1v) is 8.57. The van der Waals surface area contributed by atoms with Gasteiger partial charge >= 0.3 is 0 Å². The van der Waals surface area contributed by atoms with Crippen molar-refractivity contribution >= 4 is 11.3 Å². The van der Waals surface area contributed by atoms with Gasteiger partial charge in [-0.3, -0.25) is 4.90 Å². The number of piperidine rings is 1. The molecule has 0 amide bonds. The standard InChI is InChI=1S/C17H21FN2OS/c1-12-19-15(11-22-12)10-20-7-3-6-17(21)16(20)9-13-4-2-5-14(18)8-13/h2,4-5,8,11,16-17,21H,3,6-7,9-10H2,1H3/t16-,17-/m0/s1. The Morgan fingerprint density at radius 1 is 1.45 bits per heavy atom. The Balaban J connectivity index is 1.75. The highest BCUT2D eigenvalue weighted by Crippen LogP contribution is 2.24. The second-order valence-corrected chi connectivity index (χ2v) is 7.00. The SMILES string of the molecule is Cc1nc(CN2CCC[C@H](O)[C@@H]2Cc2cccc(F)c2)cs1. The Morgan fingerprint density at radius 2 is 2.32 bits per heavy atom. The molecule has 1 aromatic carbocycles. The van der Waals surface area contributed by atoms with Gasteiger partial charge in [-0.25, -0.2) is 9.37 Å². The molecule has 1 aliphatic heterocycles. The molecule has 1 fully saturated rings. The highest BCUT2D eigenvalue weighted by atomic mass is 32.1. The minimum atomic E-state index is -0.364. The number of aliphatic hydroxyl groups is 1. The topological polar surface area (TPSA) is 36.4 Å². The number of hydrogen-bond acceptors (Lipinski definition) is 4. The second-order valence-electron chi connectivity index (χ2n) is 5.94. The van der Waals surface area contributed by atoms with Crippen LogP contribution in [0.25, 0.3) is 0 Å². The van der Waals surface area contributed by atoms with Gasteiger partial charge in [0, 0.05) is 18.0 Å². The van der Waals surface area contributed by atoms with E-state index < -0.39 is 0 Å². The fraction of sp³-hybridized carbons (Fsp3) is 0.471. The first kappa shape index (κ1) is 15.6. The minimum Gasteiger partial charge on any atom is -0.391 e. The molecule has 0 aliphatic carbocycles. The Hall–Kier alpha value is -1.30. The van der Waals surface area contributed by atoms with E-state index in [1.54, 1.807) is 23.5 Å². The van der Waals surface area contributed by atoms with Gasteiger partial charge in [-0.05, 0) is 50.4 Å². The maximum atomic E-state index is 13.4. The average molecular weight is 320 g/mol. The van der Waals surface area contributed by atoms with Gasteiger partial charge in [0.15, 0.2) is 0 Å². The lowest BCUT2D eigenvalue weighted by molar-refractivity contribution is 0.00619. The third-order valence-corrected chi connectivity index (χ3v) is 5.05. The summed E-state index contributed by atoms with van der Waals surface area (Å²) in [4.78, 5) is 6.81. The number of likely N-dealkylation sites (tertiary alicyclic amines) is 1. The summed E-state index contributed by atoms with van der Waals surface area (Å²) in [5.41, 5.74) is 1.99. The maximum absolute atomic E-state index is 13.4. The van der Waals surface area contributed by atoms with Gasteiger partial charge in [0.1, 0.15) is 5.82 Å². The van der Waals surface area contributed by atoms with Crippen molar-refractivity contribution in [3.8, 4) is 0 Å². The van der Waals surface area contributed by atoms with Crippen LogP contribution in [0.2, 0.25) is 0 Å². The summed E-state index contributed by atoms with van der Waals surface area (Å²) in [6.07, 6.45) is 2.11. The summed E-state index contributed by atoms with van der Waals surface area (Å²) in [7, 11) is 0. The molecular formula is C17H21FN2OS. The number of benzene rings is 1. The zero-order valence-electron chi connectivity index (χ0n) is 12.7. The van der Waals surface area contributed by atoms with Gasteiger partial charge in [0.05, 0.1) is 16.8 Å². The molecule has 118 valence electrons. The number of aliphatic hydroxyl groups excluding tert-OH is 1. The molecule has 3 rings (SSSR count). The normalized spacial score (nSPS) is 22.9. The summed E-state index contributed by atoms with van der Waals surface area (Å²) in [5.74, 6) is -0.218. The lowest BCUT2D eigenvalue weighted by atomic mass is 9.93. The maximum Gasteiger partial charge on any atom is 0.123 e. The van der Waals surface area contributed by atoms with Gasteiger partial charge in [-0.15, -0.1) is 11.3 Å². The van der Waals surface area contributed by atoms with Crippen molar-refractivity contribution in [3.05, 3.63) is 51.7 Å². The molecule has 1 aliphatic rings. The second kappa shape index (κ2) is 6.86. The molecular weight excluding hydrogens is 299 g/mol. The summed E-state index contributed by atoms with van der Waals surface area (Å²) in [5, 5.41) is 13.5. The molecule has 0 radical (unpaired) electrons. The molecule has 2 atom stereocenters. The van der Waals surface area contributed by atoms with Crippen LogP contribution >= 0.6 is 11.3 Å². The van der Waals surface area contributed by atoms with Crippen LogP contribution in [0.3, 0.4) is 0 Å². The van der Waals surface area contributed by atoms with E-state index in [1.807, 2.05) is 13.0 Å². The largest absolute Gasteiger partial charge is 0.391 e. The smallest absolute Gasteiger partial charge is 0.123 e. The van der Waals surface area contributed by atoms with Crippen molar-refractivity contribution in [2.24, 2.45) is 0 Å². The molecule has 0 unspecified atom stereocenters. The molecule has 0 bridgehead atoms. The Kier molecular flexibility index (Phi) is 4.86. The van der Waals surface area contributed by atoms with Gasteiger partial charge in [0.25, 0.3) is 0 Å². The van der Waals surface area contributed by atoms with Crippen molar-refractivity contribution in [1.82, 2.24) is 9.88 Å². The van der Waals surface area contributed by atoms with E-state index in [-0.39, 0.29) is 18.0 Å². The molecule has 2 heterocycles. The van der Waals surface area contributed by atoms with E-state index in [1.165, 1.54) is 6.07 Å². The van der Waals surface area contributed by atoms with E-state index in [2.05, 4.69) is 15.3 Å². The number of hydrogen-bond donors (Lipinski definition) is 1. The molecule has 2 aromatic rings. The van der Waals surface area contributed by atoms with Crippen LogP contribution < -0.4 is 0 Å². The van der Waals surface area contributed by atoms with E-state index >= 15 is 0 Å².